The highest BCUT2D eigenvalue weighted by Gasteiger charge is 2.03. The number of benzene rings is 1. The fraction of sp³-hybridized carbons (Fsp3) is 0.267. The first-order chi connectivity index (χ1) is 10.2. The van der Waals surface area contributed by atoms with Crippen LogP contribution in [0.3, 0.4) is 0 Å². The van der Waals surface area contributed by atoms with E-state index < -0.39 is 0 Å². The molecule has 0 radical (unpaired) electrons. The molecule has 1 aromatic carbocycles. The van der Waals surface area contributed by atoms with Crippen LogP contribution in [0.2, 0.25) is 0 Å². The molecule has 2 aromatic rings. The Morgan fingerprint density at radius 2 is 2.05 bits per heavy atom. The number of thioether (sulfide) groups is 2. The summed E-state index contributed by atoms with van der Waals surface area (Å²) >= 11 is 6.68. The van der Waals surface area contributed by atoms with E-state index in [0.29, 0.717) is 12.3 Å². The van der Waals surface area contributed by atoms with Crippen LogP contribution in [0.1, 0.15) is 5.76 Å². The molecule has 0 saturated carbocycles. The average molecular weight is 386 g/mol. The molecule has 1 aromatic heterocycles. The highest BCUT2D eigenvalue weighted by molar-refractivity contribution is 9.10. The SMILES string of the molecule is O=C(CSc1ccc(Br)cc1)NCCSCc1ccco1. The Balaban J connectivity index is 1.54. The fourth-order valence-corrected chi connectivity index (χ4v) is 3.31. The molecule has 6 heteroatoms. The van der Waals surface area contributed by atoms with E-state index in [-0.39, 0.29) is 5.91 Å². The van der Waals surface area contributed by atoms with Crippen LogP contribution < -0.4 is 5.32 Å². The maximum Gasteiger partial charge on any atom is 0.230 e. The molecule has 0 spiro atoms. The maximum atomic E-state index is 11.7. The predicted molar refractivity (Wildman–Crippen MR) is 92.7 cm³/mol. The Labute approximate surface area is 141 Å². The van der Waals surface area contributed by atoms with Gasteiger partial charge in [0.25, 0.3) is 0 Å². The zero-order valence-electron chi connectivity index (χ0n) is 11.4. The zero-order chi connectivity index (χ0) is 14.9. The molecule has 0 unspecified atom stereocenters. The first-order valence-electron chi connectivity index (χ1n) is 6.49. The first-order valence-corrected chi connectivity index (χ1v) is 9.42. The zero-order valence-corrected chi connectivity index (χ0v) is 14.6. The minimum absolute atomic E-state index is 0.0708. The summed E-state index contributed by atoms with van der Waals surface area (Å²) in [5, 5.41) is 2.92. The minimum atomic E-state index is 0.0708. The second-order valence-corrected chi connectivity index (χ2v) is 7.29. The molecular formula is C15H16BrNO2S2. The highest BCUT2D eigenvalue weighted by Crippen LogP contribution is 2.20. The Kier molecular flexibility index (Phi) is 7.26. The Bertz CT molecular complexity index is 543. The number of amides is 1. The van der Waals surface area contributed by atoms with E-state index in [2.05, 4.69) is 21.2 Å². The van der Waals surface area contributed by atoms with Gasteiger partial charge in [0.05, 0.1) is 17.8 Å². The van der Waals surface area contributed by atoms with E-state index in [0.717, 1.165) is 26.6 Å². The Hall–Kier alpha value is -0.850. The van der Waals surface area contributed by atoms with Crippen LogP contribution in [-0.2, 0) is 10.5 Å². The molecule has 0 saturated heterocycles. The molecule has 0 bridgehead atoms. The number of carbonyl (C=O) groups excluding carboxylic acids is 1. The van der Waals surface area contributed by atoms with Crippen LogP contribution in [0.5, 0.6) is 0 Å². The standard InChI is InChI=1S/C15H16BrNO2S2/c16-12-3-5-14(6-4-12)21-11-15(18)17-7-9-20-10-13-2-1-8-19-13/h1-6,8H,7,9-11H2,(H,17,18). The molecule has 0 aliphatic rings. The van der Waals surface area contributed by atoms with Crippen LogP contribution in [-0.4, -0.2) is 24.0 Å². The lowest BCUT2D eigenvalue weighted by molar-refractivity contribution is -0.118. The van der Waals surface area contributed by atoms with Gasteiger partial charge in [-0.25, -0.2) is 0 Å². The van der Waals surface area contributed by atoms with Crippen LogP contribution >= 0.6 is 39.5 Å². The van der Waals surface area contributed by atoms with Gasteiger partial charge in [0.2, 0.25) is 5.91 Å². The van der Waals surface area contributed by atoms with E-state index in [1.165, 1.54) is 0 Å². The van der Waals surface area contributed by atoms with Crippen molar-refractivity contribution < 1.29 is 9.21 Å². The molecule has 112 valence electrons. The third kappa shape index (κ3) is 6.63. The summed E-state index contributed by atoms with van der Waals surface area (Å²) in [6.07, 6.45) is 1.68. The fourth-order valence-electron chi connectivity index (χ4n) is 1.56. The van der Waals surface area contributed by atoms with Gasteiger partial charge in [0.15, 0.2) is 0 Å². The van der Waals surface area contributed by atoms with Crippen LogP contribution in [0.25, 0.3) is 0 Å². The van der Waals surface area contributed by atoms with Crippen molar-refractivity contribution in [3.63, 3.8) is 0 Å². The largest absolute Gasteiger partial charge is 0.468 e. The normalized spacial score (nSPS) is 10.5. The van der Waals surface area contributed by atoms with Crippen molar-refractivity contribution in [2.24, 2.45) is 0 Å². The van der Waals surface area contributed by atoms with Gasteiger partial charge in [0, 0.05) is 21.7 Å². The summed E-state index contributed by atoms with van der Waals surface area (Å²) < 4.78 is 6.29. The van der Waals surface area contributed by atoms with Crippen molar-refractivity contribution >= 4 is 45.4 Å². The van der Waals surface area contributed by atoms with Gasteiger partial charge in [-0.2, -0.15) is 11.8 Å². The number of halogens is 1. The molecule has 1 amide bonds. The number of hydrogen-bond donors (Lipinski definition) is 1. The van der Waals surface area contributed by atoms with Gasteiger partial charge >= 0.3 is 0 Å². The number of rotatable bonds is 8. The maximum absolute atomic E-state index is 11.7. The molecular weight excluding hydrogens is 370 g/mol. The molecule has 0 aliphatic carbocycles. The van der Waals surface area contributed by atoms with Crippen molar-refractivity contribution in [1.29, 1.82) is 0 Å². The second kappa shape index (κ2) is 9.23. The summed E-state index contributed by atoms with van der Waals surface area (Å²) in [5.74, 6) is 3.22. The van der Waals surface area contributed by atoms with E-state index in [4.69, 9.17) is 4.42 Å². The van der Waals surface area contributed by atoms with Gasteiger partial charge in [-0.05, 0) is 36.4 Å². The van der Waals surface area contributed by atoms with E-state index in [1.807, 2.05) is 36.4 Å². The summed E-state index contributed by atoms with van der Waals surface area (Å²) in [6, 6.07) is 11.8. The van der Waals surface area contributed by atoms with Gasteiger partial charge < -0.3 is 9.73 Å². The van der Waals surface area contributed by atoms with Crippen LogP contribution in [0.15, 0.2) is 56.4 Å². The van der Waals surface area contributed by atoms with Crippen molar-refractivity contribution in [3.05, 3.63) is 52.9 Å². The first kappa shape index (κ1) is 16.5. The molecule has 1 heterocycles. The van der Waals surface area contributed by atoms with Crippen molar-refractivity contribution in [3.8, 4) is 0 Å². The number of hydrogen-bond acceptors (Lipinski definition) is 4. The third-order valence-electron chi connectivity index (χ3n) is 2.58. The second-order valence-electron chi connectivity index (χ2n) is 4.22. The number of nitrogens with one attached hydrogen (secondary N) is 1. The predicted octanol–water partition coefficient (Wildman–Crippen LogP) is 4.18. The molecule has 1 N–H and O–H groups in total. The average Bonchev–Trinajstić information content (AvgIpc) is 2.99. The van der Waals surface area contributed by atoms with Gasteiger partial charge in [0.1, 0.15) is 5.76 Å². The van der Waals surface area contributed by atoms with Gasteiger partial charge in [-0.3, -0.25) is 4.79 Å². The molecule has 0 fully saturated rings. The van der Waals surface area contributed by atoms with Gasteiger partial charge in [-0.15, -0.1) is 11.8 Å². The van der Waals surface area contributed by atoms with Crippen molar-refractivity contribution in [2.45, 2.75) is 10.6 Å². The topological polar surface area (TPSA) is 42.2 Å². The van der Waals surface area contributed by atoms with Crippen molar-refractivity contribution in [1.82, 2.24) is 5.32 Å². The third-order valence-corrected chi connectivity index (χ3v) is 5.10. The summed E-state index contributed by atoms with van der Waals surface area (Å²) in [7, 11) is 0. The summed E-state index contributed by atoms with van der Waals surface area (Å²) in [4.78, 5) is 12.8. The number of furan rings is 1. The monoisotopic (exact) mass is 385 g/mol. The van der Waals surface area contributed by atoms with Crippen molar-refractivity contribution in [2.75, 3.05) is 18.1 Å². The molecule has 0 aliphatic heterocycles. The molecule has 2 rings (SSSR count). The molecule has 3 nitrogen and oxygen atoms in total. The Morgan fingerprint density at radius 1 is 1.24 bits per heavy atom. The van der Waals surface area contributed by atoms with Crippen LogP contribution in [0.4, 0.5) is 0 Å². The number of carbonyl (C=O) groups is 1. The summed E-state index contributed by atoms with van der Waals surface area (Å²) in [5.41, 5.74) is 0. The lowest BCUT2D eigenvalue weighted by Gasteiger charge is -2.05. The summed E-state index contributed by atoms with van der Waals surface area (Å²) in [6.45, 7) is 0.686. The van der Waals surface area contributed by atoms with E-state index >= 15 is 0 Å². The minimum Gasteiger partial charge on any atom is -0.468 e. The van der Waals surface area contributed by atoms with Gasteiger partial charge in [-0.1, -0.05) is 15.9 Å². The lowest BCUT2D eigenvalue weighted by Crippen LogP contribution is -2.27. The Morgan fingerprint density at radius 3 is 2.76 bits per heavy atom. The molecule has 21 heavy (non-hydrogen) atoms. The smallest absolute Gasteiger partial charge is 0.230 e. The van der Waals surface area contributed by atoms with E-state index in [1.54, 1.807) is 29.8 Å². The lowest BCUT2D eigenvalue weighted by atomic mass is 10.4. The quantitative estimate of drug-likeness (QED) is 0.546. The van der Waals surface area contributed by atoms with Crippen LogP contribution in [0, 0.1) is 0 Å². The molecule has 0 atom stereocenters. The highest BCUT2D eigenvalue weighted by atomic mass is 79.9. The van der Waals surface area contributed by atoms with E-state index in [9.17, 15) is 4.79 Å².